The predicted octanol–water partition coefficient (Wildman–Crippen LogP) is 4.46. The van der Waals surface area contributed by atoms with Gasteiger partial charge in [0.05, 0.1) is 10.4 Å². The Morgan fingerprint density at radius 2 is 1.52 bits per heavy atom. The third-order valence-electron chi connectivity index (χ3n) is 4.38. The van der Waals surface area contributed by atoms with E-state index in [2.05, 4.69) is 15.3 Å². The van der Waals surface area contributed by atoms with Gasteiger partial charge in [-0.2, -0.15) is 5.10 Å². The third kappa shape index (κ3) is 2.94. The second-order valence-corrected chi connectivity index (χ2v) is 6.48. The van der Waals surface area contributed by atoms with E-state index in [1.54, 1.807) is 6.92 Å². The average Bonchev–Trinajstić information content (AvgIpc) is 3.09. The largest absolute Gasteiger partial charge is 0.480 e. The SMILES string of the molecule is CC(C(=O)O)n1nc(-c2ccccc2)c2c(Cl)c(-c3ccccc3)nnc21. The molecular formula is C20H15ClN4O2. The summed E-state index contributed by atoms with van der Waals surface area (Å²) in [6, 6.07) is 18.1. The first kappa shape index (κ1) is 17.2. The molecule has 0 radical (unpaired) electrons. The Kier molecular flexibility index (Phi) is 4.33. The lowest BCUT2D eigenvalue weighted by atomic mass is 10.1. The average molecular weight is 379 g/mol. The molecule has 0 amide bonds. The number of aromatic nitrogens is 4. The molecule has 2 aromatic heterocycles. The lowest BCUT2D eigenvalue weighted by Gasteiger charge is -2.08. The molecule has 2 aromatic carbocycles. The number of rotatable bonds is 4. The van der Waals surface area contributed by atoms with E-state index >= 15 is 0 Å². The molecule has 7 heteroatoms. The molecule has 1 unspecified atom stereocenters. The van der Waals surface area contributed by atoms with Gasteiger partial charge in [0.2, 0.25) is 0 Å². The van der Waals surface area contributed by atoms with Gasteiger partial charge in [0, 0.05) is 11.1 Å². The minimum absolute atomic E-state index is 0.341. The third-order valence-corrected chi connectivity index (χ3v) is 4.74. The number of carboxylic acids is 1. The number of carbonyl (C=O) groups is 1. The fourth-order valence-corrected chi connectivity index (χ4v) is 3.26. The van der Waals surface area contributed by atoms with Gasteiger partial charge in [0.1, 0.15) is 17.4 Å². The Morgan fingerprint density at radius 1 is 0.963 bits per heavy atom. The van der Waals surface area contributed by atoms with Gasteiger partial charge < -0.3 is 5.11 Å². The summed E-state index contributed by atoms with van der Waals surface area (Å²) in [6.07, 6.45) is 0. The summed E-state index contributed by atoms with van der Waals surface area (Å²) in [4.78, 5) is 11.5. The van der Waals surface area contributed by atoms with Crippen LogP contribution in [-0.4, -0.2) is 31.1 Å². The molecule has 4 aromatic rings. The number of aliphatic carboxylic acids is 1. The smallest absolute Gasteiger partial charge is 0.328 e. The summed E-state index contributed by atoms with van der Waals surface area (Å²) >= 11 is 6.73. The van der Waals surface area contributed by atoms with Crippen molar-refractivity contribution in [2.24, 2.45) is 0 Å². The van der Waals surface area contributed by atoms with Crippen LogP contribution >= 0.6 is 11.6 Å². The van der Waals surface area contributed by atoms with Gasteiger partial charge >= 0.3 is 5.97 Å². The molecule has 4 rings (SSSR count). The topological polar surface area (TPSA) is 80.9 Å². The van der Waals surface area contributed by atoms with Crippen molar-refractivity contribution in [1.29, 1.82) is 0 Å². The van der Waals surface area contributed by atoms with Crippen molar-refractivity contribution < 1.29 is 9.90 Å². The molecule has 134 valence electrons. The van der Waals surface area contributed by atoms with E-state index in [0.717, 1.165) is 11.1 Å². The molecule has 0 fully saturated rings. The zero-order chi connectivity index (χ0) is 19.0. The molecule has 1 N–H and O–H groups in total. The minimum atomic E-state index is -1.01. The van der Waals surface area contributed by atoms with Crippen molar-refractivity contribution >= 4 is 28.6 Å². The number of carboxylic acid groups (broad SMARTS) is 1. The van der Waals surface area contributed by atoms with E-state index in [9.17, 15) is 9.90 Å². The molecule has 0 bridgehead atoms. The normalized spacial score (nSPS) is 12.2. The van der Waals surface area contributed by atoms with Crippen LogP contribution in [0.2, 0.25) is 5.02 Å². The summed E-state index contributed by atoms with van der Waals surface area (Å²) in [5, 5.41) is 23.5. The molecule has 1 atom stereocenters. The molecular weight excluding hydrogens is 364 g/mol. The first-order valence-electron chi connectivity index (χ1n) is 8.36. The molecule has 0 aliphatic carbocycles. The van der Waals surface area contributed by atoms with Crippen molar-refractivity contribution in [3.05, 3.63) is 65.7 Å². The van der Waals surface area contributed by atoms with Gasteiger partial charge in [0.25, 0.3) is 0 Å². The standard InChI is InChI=1S/C20H15ClN4O2/c1-12(20(26)27)25-19-15(17(24-25)13-8-4-2-5-9-13)16(21)18(22-23-19)14-10-6-3-7-11-14/h2-12H,1H3,(H,26,27). The number of nitrogens with zero attached hydrogens (tertiary/aromatic N) is 4. The van der Waals surface area contributed by atoms with Gasteiger partial charge in [-0.1, -0.05) is 72.3 Å². The molecule has 2 heterocycles. The number of hydrogen-bond acceptors (Lipinski definition) is 4. The van der Waals surface area contributed by atoms with Crippen LogP contribution < -0.4 is 0 Å². The van der Waals surface area contributed by atoms with Crippen molar-refractivity contribution in [3.8, 4) is 22.5 Å². The second kappa shape index (κ2) is 6.81. The summed E-state index contributed by atoms with van der Waals surface area (Å²) < 4.78 is 1.35. The van der Waals surface area contributed by atoms with Gasteiger partial charge in [0.15, 0.2) is 5.65 Å². The highest BCUT2D eigenvalue weighted by Gasteiger charge is 2.25. The monoisotopic (exact) mass is 378 g/mol. The lowest BCUT2D eigenvalue weighted by molar-refractivity contribution is -0.140. The van der Waals surface area contributed by atoms with Crippen LogP contribution in [0.15, 0.2) is 60.7 Å². The summed E-state index contributed by atoms with van der Waals surface area (Å²) in [5.41, 5.74) is 3.11. The summed E-state index contributed by atoms with van der Waals surface area (Å²) in [7, 11) is 0. The van der Waals surface area contributed by atoms with E-state index in [4.69, 9.17) is 11.6 Å². The zero-order valence-corrected chi connectivity index (χ0v) is 15.1. The van der Waals surface area contributed by atoms with Crippen molar-refractivity contribution in [3.63, 3.8) is 0 Å². The van der Waals surface area contributed by atoms with Gasteiger partial charge in [-0.05, 0) is 6.92 Å². The predicted molar refractivity (Wildman–Crippen MR) is 104 cm³/mol. The van der Waals surface area contributed by atoms with Gasteiger partial charge in [-0.15, -0.1) is 10.2 Å². The number of halogens is 1. The van der Waals surface area contributed by atoms with Crippen LogP contribution in [0.5, 0.6) is 0 Å². The first-order valence-corrected chi connectivity index (χ1v) is 8.73. The van der Waals surface area contributed by atoms with E-state index < -0.39 is 12.0 Å². The highest BCUT2D eigenvalue weighted by Crippen LogP contribution is 2.37. The van der Waals surface area contributed by atoms with Crippen LogP contribution in [-0.2, 0) is 4.79 Å². The van der Waals surface area contributed by atoms with Gasteiger partial charge in [-0.25, -0.2) is 9.48 Å². The molecule has 0 spiro atoms. The van der Waals surface area contributed by atoms with E-state index in [1.165, 1.54) is 4.68 Å². The Labute approximate surface area is 160 Å². The van der Waals surface area contributed by atoms with Gasteiger partial charge in [-0.3, -0.25) is 0 Å². The maximum atomic E-state index is 11.5. The van der Waals surface area contributed by atoms with Crippen LogP contribution in [0.1, 0.15) is 13.0 Å². The van der Waals surface area contributed by atoms with Crippen molar-refractivity contribution in [1.82, 2.24) is 20.0 Å². The van der Waals surface area contributed by atoms with Crippen molar-refractivity contribution in [2.75, 3.05) is 0 Å². The Morgan fingerprint density at radius 3 is 2.07 bits per heavy atom. The van der Waals surface area contributed by atoms with Crippen molar-refractivity contribution in [2.45, 2.75) is 13.0 Å². The van der Waals surface area contributed by atoms with Crippen LogP contribution in [0.3, 0.4) is 0 Å². The highest BCUT2D eigenvalue weighted by atomic mass is 35.5. The molecule has 0 aliphatic rings. The zero-order valence-electron chi connectivity index (χ0n) is 14.4. The lowest BCUT2D eigenvalue weighted by Crippen LogP contribution is -2.17. The van der Waals surface area contributed by atoms with E-state index in [1.807, 2.05) is 60.7 Å². The molecule has 27 heavy (non-hydrogen) atoms. The maximum Gasteiger partial charge on any atom is 0.328 e. The highest BCUT2D eigenvalue weighted by molar-refractivity contribution is 6.38. The van der Waals surface area contributed by atoms with E-state index in [-0.39, 0.29) is 0 Å². The molecule has 6 nitrogen and oxygen atoms in total. The number of fused-ring (bicyclic) bond motifs is 1. The maximum absolute atomic E-state index is 11.5. The first-order chi connectivity index (χ1) is 13.1. The Balaban J connectivity index is 2.04. The van der Waals surface area contributed by atoms with Crippen LogP contribution in [0.25, 0.3) is 33.5 Å². The summed E-state index contributed by atoms with van der Waals surface area (Å²) in [6.45, 7) is 1.55. The fraction of sp³-hybridized carbons (Fsp3) is 0.100. The van der Waals surface area contributed by atoms with Crippen LogP contribution in [0.4, 0.5) is 0 Å². The van der Waals surface area contributed by atoms with Crippen LogP contribution in [0, 0.1) is 0 Å². The summed E-state index contributed by atoms with van der Waals surface area (Å²) in [5.74, 6) is -1.01. The second-order valence-electron chi connectivity index (χ2n) is 6.10. The fourth-order valence-electron chi connectivity index (χ4n) is 2.94. The quantitative estimate of drug-likeness (QED) is 0.567. The minimum Gasteiger partial charge on any atom is -0.480 e. The number of hydrogen-bond donors (Lipinski definition) is 1. The van der Waals surface area contributed by atoms with E-state index in [0.29, 0.717) is 27.4 Å². The Hall–Kier alpha value is -3.25. The molecule has 0 aliphatic heterocycles. The number of benzene rings is 2. The molecule has 0 saturated carbocycles. The molecule has 0 saturated heterocycles. The Bertz CT molecular complexity index is 1130.